The van der Waals surface area contributed by atoms with E-state index in [0.717, 1.165) is 7.11 Å². The number of carbonyl (C=O) groups is 4. The molecule has 11 heteroatoms. The van der Waals surface area contributed by atoms with E-state index in [-0.39, 0.29) is 24.5 Å². The average molecular weight is 539 g/mol. The summed E-state index contributed by atoms with van der Waals surface area (Å²) in [4.78, 5) is 50.3. The molecule has 0 heterocycles. The lowest BCUT2D eigenvalue weighted by Crippen LogP contribution is -2.59. The first-order chi connectivity index (χ1) is 17.1. The number of hydrogen-bond acceptors (Lipinski definition) is 8. The van der Waals surface area contributed by atoms with E-state index in [0.29, 0.717) is 5.56 Å². The molecule has 0 aromatic heterocycles. The highest BCUT2D eigenvalue weighted by molar-refractivity contribution is 6.74. The van der Waals surface area contributed by atoms with Crippen LogP contribution in [0.25, 0.3) is 0 Å². The van der Waals surface area contributed by atoms with Crippen LogP contribution in [0.5, 0.6) is 0 Å². The van der Waals surface area contributed by atoms with Crippen LogP contribution in [0.4, 0.5) is 0 Å². The quantitative estimate of drug-likeness (QED) is 0.257. The van der Waals surface area contributed by atoms with E-state index in [2.05, 4.69) is 10.6 Å². The molecule has 4 atom stereocenters. The van der Waals surface area contributed by atoms with Gasteiger partial charge in [0.25, 0.3) is 0 Å². The zero-order chi connectivity index (χ0) is 28.4. The Hall–Kier alpha value is -2.76. The number of hydrogen-bond donors (Lipinski definition) is 3. The van der Waals surface area contributed by atoms with E-state index in [1.54, 1.807) is 44.2 Å². The number of aliphatic hydroxyl groups is 1. The summed E-state index contributed by atoms with van der Waals surface area (Å²) >= 11 is 0. The molecule has 3 N–H and O–H groups in total. The van der Waals surface area contributed by atoms with Gasteiger partial charge in [0.05, 0.1) is 26.2 Å². The second kappa shape index (κ2) is 14.2. The van der Waals surface area contributed by atoms with E-state index < -0.39 is 56.4 Å². The maximum absolute atomic E-state index is 13.5. The molecule has 1 aromatic carbocycles. The summed E-state index contributed by atoms with van der Waals surface area (Å²) in [6.45, 7) is 13.7. The zero-order valence-corrected chi connectivity index (χ0v) is 24.1. The van der Waals surface area contributed by atoms with Gasteiger partial charge in [-0.1, -0.05) is 51.1 Å². The molecule has 0 aliphatic carbocycles. The van der Waals surface area contributed by atoms with Crippen LogP contribution >= 0.6 is 0 Å². The predicted molar refractivity (Wildman–Crippen MR) is 141 cm³/mol. The number of carbonyl (C=O) groups excluding carboxylic acids is 4. The number of benzene rings is 1. The van der Waals surface area contributed by atoms with E-state index in [1.807, 2.05) is 33.9 Å². The van der Waals surface area contributed by atoms with Crippen molar-refractivity contribution in [1.29, 1.82) is 0 Å². The van der Waals surface area contributed by atoms with Gasteiger partial charge >= 0.3 is 11.9 Å². The Kier molecular flexibility index (Phi) is 12.4. The first kappa shape index (κ1) is 32.3. The largest absolute Gasteiger partial charge is 0.467 e. The summed E-state index contributed by atoms with van der Waals surface area (Å²) in [5.41, 5.74) is 0.402. The summed E-state index contributed by atoms with van der Waals surface area (Å²) < 4.78 is 16.0. The molecule has 37 heavy (non-hydrogen) atoms. The minimum atomic E-state index is -2.36. The van der Waals surface area contributed by atoms with Gasteiger partial charge in [0, 0.05) is 6.42 Å². The lowest BCUT2D eigenvalue weighted by atomic mass is 10.0. The number of nitrogens with one attached hydrogen (secondary N) is 2. The van der Waals surface area contributed by atoms with Gasteiger partial charge in [0.15, 0.2) is 14.4 Å². The van der Waals surface area contributed by atoms with Gasteiger partial charge in [-0.25, -0.2) is 4.79 Å². The Bertz CT molecular complexity index is 917. The number of rotatable bonds is 13. The summed E-state index contributed by atoms with van der Waals surface area (Å²) in [6, 6.07) is 5.73. The zero-order valence-electron chi connectivity index (χ0n) is 23.1. The number of aliphatic hydroxyl groups excluding tert-OH is 1. The third-order valence-electron chi connectivity index (χ3n) is 6.43. The van der Waals surface area contributed by atoms with Crippen molar-refractivity contribution in [2.45, 2.75) is 89.9 Å². The van der Waals surface area contributed by atoms with Crippen molar-refractivity contribution in [3.05, 3.63) is 35.9 Å². The first-order valence-electron chi connectivity index (χ1n) is 12.4. The van der Waals surface area contributed by atoms with Gasteiger partial charge < -0.3 is 29.6 Å². The first-order valence-corrected chi connectivity index (χ1v) is 15.3. The summed E-state index contributed by atoms with van der Waals surface area (Å²) in [5.74, 6) is -2.67. The normalized spacial score (nSPS) is 15.1. The SMILES string of the molecule is CCOC(=O)CCC(=O)N[C@H](C(=O)N[C@H](C(=O)OC)C(O)c1ccccc1)[C@@H](C)O[Si](C)(C)C(C)(C)C. The molecule has 0 radical (unpaired) electrons. The highest BCUT2D eigenvalue weighted by atomic mass is 28.4. The average Bonchev–Trinajstić information content (AvgIpc) is 2.83. The molecule has 0 saturated heterocycles. The fourth-order valence-electron chi connectivity index (χ4n) is 3.28. The molecule has 0 aliphatic rings. The van der Waals surface area contributed by atoms with E-state index in [4.69, 9.17) is 13.9 Å². The second-order valence-electron chi connectivity index (χ2n) is 10.3. The van der Waals surface area contributed by atoms with Gasteiger partial charge in [-0.15, -0.1) is 0 Å². The van der Waals surface area contributed by atoms with Crippen molar-refractivity contribution < 1.29 is 38.2 Å². The lowest BCUT2D eigenvalue weighted by Gasteiger charge is -2.40. The van der Waals surface area contributed by atoms with Crippen molar-refractivity contribution in [1.82, 2.24) is 10.6 Å². The van der Waals surface area contributed by atoms with Gasteiger partial charge in [-0.05, 0) is 37.5 Å². The molecular weight excluding hydrogens is 496 g/mol. The monoisotopic (exact) mass is 538 g/mol. The number of methoxy groups -OCH3 is 1. The molecule has 208 valence electrons. The molecule has 0 fully saturated rings. The van der Waals surface area contributed by atoms with Crippen LogP contribution in [0.15, 0.2) is 30.3 Å². The molecule has 0 spiro atoms. The number of amides is 2. The van der Waals surface area contributed by atoms with Crippen LogP contribution < -0.4 is 10.6 Å². The molecule has 2 amide bonds. The van der Waals surface area contributed by atoms with Crippen molar-refractivity contribution in [3.8, 4) is 0 Å². The van der Waals surface area contributed by atoms with Crippen molar-refractivity contribution in [3.63, 3.8) is 0 Å². The second-order valence-corrected chi connectivity index (χ2v) is 15.1. The molecule has 10 nitrogen and oxygen atoms in total. The Labute approximate surface area is 220 Å². The Balaban J connectivity index is 3.20. The van der Waals surface area contributed by atoms with Crippen molar-refractivity contribution in [2.24, 2.45) is 0 Å². The number of ether oxygens (including phenoxy) is 2. The molecule has 0 bridgehead atoms. The molecular formula is C26H42N2O8Si. The van der Waals surface area contributed by atoms with Gasteiger partial charge in [0.1, 0.15) is 12.1 Å². The van der Waals surface area contributed by atoms with Gasteiger partial charge in [0.2, 0.25) is 11.8 Å². The minimum Gasteiger partial charge on any atom is -0.467 e. The standard InChI is InChI=1S/C26H42N2O8Si/c1-9-35-20(30)16-15-19(29)27-21(17(2)36-37(7,8)26(3,4)5)24(32)28-22(25(33)34-6)23(31)18-13-11-10-12-14-18/h10-14,17,21-23,31H,9,15-16H2,1-8H3,(H,27,29)(H,28,32)/t17-,21+,22+,23?/m1/s1. The van der Waals surface area contributed by atoms with Gasteiger partial charge in [-0.3, -0.25) is 14.4 Å². The molecule has 0 aliphatic heterocycles. The van der Waals surface area contributed by atoms with Crippen LogP contribution in [-0.4, -0.2) is 69.1 Å². The third-order valence-corrected chi connectivity index (χ3v) is 11.0. The van der Waals surface area contributed by atoms with Gasteiger partial charge in [-0.2, -0.15) is 0 Å². The van der Waals surface area contributed by atoms with E-state index in [9.17, 15) is 24.3 Å². The summed E-state index contributed by atoms with van der Waals surface area (Å²) in [5, 5.41) is 15.8. The van der Waals surface area contributed by atoms with Crippen molar-refractivity contribution >= 4 is 32.1 Å². The third kappa shape index (κ3) is 9.90. The van der Waals surface area contributed by atoms with E-state index >= 15 is 0 Å². The molecule has 1 unspecified atom stereocenters. The predicted octanol–water partition coefficient (Wildman–Crippen LogP) is 2.62. The maximum atomic E-state index is 13.5. The van der Waals surface area contributed by atoms with E-state index in [1.165, 1.54) is 0 Å². The van der Waals surface area contributed by atoms with Crippen LogP contribution in [0.1, 0.15) is 59.1 Å². The Morgan fingerprint density at radius 3 is 2.11 bits per heavy atom. The minimum absolute atomic E-state index is 0.150. The Morgan fingerprint density at radius 2 is 1.59 bits per heavy atom. The number of esters is 2. The fourth-order valence-corrected chi connectivity index (χ4v) is 4.70. The van der Waals surface area contributed by atoms with Crippen LogP contribution in [0.2, 0.25) is 18.1 Å². The maximum Gasteiger partial charge on any atom is 0.331 e. The molecule has 0 saturated carbocycles. The van der Waals surface area contributed by atoms with Crippen LogP contribution in [0, 0.1) is 0 Å². The summed E-state index contributed by atoms with van der Waals surface area (Å²) in [6.07, 6.45) is -2.51. The molecule has 1 aromatic rings. The summed E-state index contributed by atoms with van der Waals surface area (Å²) in [7, 11) is -1.21. The fraction of sp³-hybridized carbons (Fsp3) is 0.615. The smallest absolute Gasteiger partial charge is 0.331 e. The highest BCUT2D eigenvalue weighted by Crippen LogP contribution is 2.37. The highest BCUT2D eigenvalue weighted by Gasteiger charge is 2.42. The Morgan fingerprint density at radius 1 is 1.00 bits per heavy atom. The lowest BCUT2D eigenvalue weighted by molar-refractivity contribution is -0.149. The van der Waals surface area contributed by atoms with Crippen LogP contribution in [0.3, 0.4) is 0 Å². The van der Waals surface area contributed by atoms with Crippen LogP contribution in [-0.2, 0) is 33.1 Å². The van der Waals surface area contributed by atoms with Crippen molar-refractivity contribution in [2.75, 3.05) is 13.7 Å². The molecule has 1 rings (SSSR count). The topological polar surface area (TPSA) is 140 Å².